The van der Waals surface area contributed by atoms with E-state index in [9.17, 15) is 39.1 Å². The number of methoxy groups -OCH3 is 2. The molecule has 4 aromatic carbocycles. The number of benzene rings is 4. The zero-order valence-electron chi connectivity index (χ0n) is 36.1. The summed E-state index contributed by atoms with van der Waals surface area (Å²) in [5, 5.41) is -0.383. The Labute approximate surface area is 379 Å². The van der Waals surface area contributed by atoms with Crippen LogP contribution in [0.2, 0.25) is 0 Å². The van der Waals surface area contributed by atoms with Crippen molar-refractivity contribution in [3.63, 3.8) is 0 Å². The van der Waals surface area contributed by atoms with Crippen molar-refractivity contribution >= 4 is 63.5 Å². The van der Waals surface area contributed by atoms with Crippen LogP contribution in [0.1, 0.15) is 38.3 Å². The number of carbonyl (C=O) groups excluding carboxylic acids is 2. The lowest BCUT2D eigenvalue weighted by Gasteiger charge is -2.15. The first-order valence-corrected chi connectivity index (χ1v) is 25.7. The van der Waals surface area contributed by atoms with E-state index in [1.807, 2.05) is 0 Å². The van der Waals surface area contributed by atoms with Crippen molar-refractivity contribution in [2.75, 3.05) is 45.5 Å². The van der Waals surface area contributed by atoms with Gasteiger partial charge in [0.05, 0.1) is 73.7 Å². The second-order valence-corrected chi connectivity index (χ2v) is 22.0. The molecule has 6 aromatic rings. The summed E-state index contributed by atoms with van der Waals surface area (Å²) in [7, 11) is -11.8. The lowest BCUT2D eigenvalue weighted by atomic mass is 10.1. The van der Waals surface area contributed by atoms with Crippen LogP contribution in [0.3, 0.4) is 0 Å². The molecule has 0 fully saturated rings. The highest BCUT2D eigenvalue weighted by molar-refractivity contribution is 7.92. The van der Waals surface area contributed by atoms with Crippen LogP contribution in [0.4, 0.5) is 0 Å². The number of imidazole rings is 1. The van der Waals surface area contributed by atoms with Crippen molar-refractivity contribution in [3.05, 3.63) is 125 Å². The monoisotopic (exact) mass is 967 g/mol. The maximum Gasteiger partial charge on any atom is 0.344 e. The van der Waals surface area contributed by atoms with Crippen LogP contribution < -0.4 is 14.2 Å². The number of aryl methyl sites for hydroxylation is 3. The number of pyridine rings is 1. The molecule has 0 aliphatic heterocycles. The number of fused-ring (bicyclic) bond motifs is 1. The van der Waals surface area contributed by atoms with Gasteiger partial charge in [-0.15, -0.1) is 0 Å². The molecule has 0 saturated heterocycles. The van der Waals surface area contributed by atoms with E-state index in [-0.39, 0.29) is 37.5 Å². The molecular formula is C44H45N3O14S4. The number of rotatable bonds is 19. The maximum atomic E-state index is 14.8. The molecule has 0 bridgehead atoms. The van der Waals surface area contributed by atoms with Gasteiger partial charge in [-0.05, 0) is 82.3 Å². The van der Waals surface area contributed by atoms with Gasteiger partial charge in [0, 0.05) is 23.4 Å². The predicted molar refractivity (Wildman–Crippen MR) is 239 cm³/mol. The SMILES string of the molecule is COc1ccc2c(c1)nc(S(=O)Cc1ncc(C)c(OC)c1C)n2S(=O)(=O)c1ccc(OCC(=O)OCCS(=O)(=O)c2ccc(C)cc2)c(C(=O)OCCS(=O)(=O)c2ccc(C)cc2)c1. The van der Waals surface area contributed by atoms with E-state index in [0.717, 1.165) is 38.9 Å². The molecule has 21 heteroatoms. The fourth-order valence-corrected chi connectivity index (χ4v) is 11.7. The summed E-state index contributed by atoms with van der Waals surface area (Å²) in [6.07, 6.45) is 1.54. The average molecular weight is 968 g/mol. The van der Waals surface area contributed by atoms with E-state index in [0.29, 0.717) is 22.8 Å². The van der Waals surface area contributed by atoms with E-state index in [4.69, 9.17) is 23.7 Å². The molecule has 2 heterocycles. The molecule has 65 heavy (non-hydrogen) atoms. The van der Waals surface area contributed by atoms with Crippen molar-refractivity contribution in [1.82, 2.24) is 13.9 Å². The fourth-order valence-electron chi connectivity index (χ4n) is 6.48. The Morgan fingerprint density at radius 3 is 1.88 bits per heavy atom. The molecule has 0 N–H and O–H groups in total. The summed E-state index contributed by atoms with van der Waals surface area (Å²) in [4.78, 5) is 34.9. The minimum Gasteiger partial charge on any atom is -0.497 e. The number of hydrogen-bond donors (Lipinski definition) is 0. The first-order chi connectivity index (χ1) is 30.7. The number of ether oxygens (including phenoxy) is 5. The van der Waals surface area contributed by atoms with Gasteiger partial charge in [-0.25, -0.2) is 43.8 Å². The van der Waals surface area contributed by atoms with Crippen LogP contribution in [0.25, 0.3) is 11.0 Å². The number of nitrogens with zero attached hydrogens (tertiary/aromatic N) is 3. The van der Waals surface area contributed by atoms with Crippen LogP contribution in [0.15, 0.2) is 111 Å². The largest absolute Gasteiger partial charge is 0.497 e. The second-order valence-electron chi connectivity index (χ2n) is 14.6. The fraction of sp³-hybridized carbons (Fsp3) is 0.273. The van der Waals surface area contributed by atoms with Crippen molar-refractivity contribution in [2.45, 2.75) is 53.3 Å². The molecule has 344 valence electrons. The minimum atomic E-state index is -4.81. The van der Waals surface area contributed by atoms with E-state index in [1.54, 1.807) is 58.2 Å². The van der Waals surface area contributed by atoms with Crippen molar-refractivity contribution in [1.29, 1.82) is 0 Å². The third kappa shape index (κ3) is 11.0. The molecular weight excluding hydrogens is 923 g/mol. The highest BCUT2D eigenvalue weighted by atomic mass is 32.2. The molecule has 6 rings (SSSR count). The molecule has 0 aliphatic carbocycles. The zero-order valence-corrected chi connectivity index (χ0v) is 39.4. The minimum absolute atomic E-state index is 0.00716. The summed E-state index contributed by atoms with van der Waals surface area (Å²) in [5.41, 5.74) is 2.96. The molecule has 17 nitrogen and oxygen atoms in total. The number of sulfone groups is 2. The zero-order chi connectivity index (χ0) is 47.3. The molecule has 1 unspecified atom stereocenters. The van der Waals surface area contributed by atoms with Gasteiger partial charge < -0.3 is 23.7 Å². The lowest BCUT2D eigenvalue weighted by Crippen LogP contribution is -2.22. The maximum absolute atomic E-state index is 14.8. The Kier molecular flexibility index (Phi) is 14.8. The van der Waals surface area contributed by atoms with Crippen LogP contribution in [0, 0.1) is 27.7 Å². The van der Waals surface area contributed by atoms with Gasteiger partial charge in [-0.3, -0.25) is 9.19 Å². The summed E-state index contributed by atoms with van der Waals surface area (Å²) in [5.74, 6) is -3.17. The Morgan fingerprint density at radius 2 is 1.29 bits per heavy atom. The summed E-state index contributed by atoms with van der Waals surface area (Å²) >= 11 is 0. The Balaban J connectivity index is 1.32. The van der Waals surface area contributed by atoms with Gasteiger partial charge in [0.2, 0.25) is 5.16 Å². The van der Waals surface area contributed by atoms with Gasteiger partial charge in [0.1, 0.15) is 36.0 Å². The van der Waals surface area contributed by atoms with E-state index >= 15 is 0 Å². The summed E-state index contributed by atoms with van der Waals surface area (Å²) < 4.78 is 123. The first kappa shape index (κ1) is 48.3. The Hall–Kier alpha value is -6.16. The molecule has 0 saturated carbocycles. The van der Waals surface area contributed by atoms with Crippen LogP contribution in [-0.4, -0.2) is 101 Å². The quantitative estimate of drug-likeness (QED) is 0.0944. The third-order valence-electron chi connectivity index (χ3n) is 10.0. The Morgan fingerprint density at radius 1 is 0.708 bits per heavy atom. The number of aromatic nitrogens is 3. The van der Waals surface area contributed by atoms with Gasteiger partial charge in [-0.2, -0.15) is 0 Å². The highest BCUT2D eigenvalue weighted by Gasteiger charge is 2.31. The van der Waals surface area contributed by atoms with Crippen LogP contribution in [0.5, 0.6) is 17.2 Å². The summed E-state index contributed by atoms with van der Waals surface area (Å²) in [6.45, 7) is 5.08. The molecule has 2 aromatic heterocycles. The average Bonchev–Trinajstić information content (AvgIpc) is 3.67. The van der Waals surface area contributed by atoms with Crippen LogP contribution >= 0.6 is 0 Å². The Bertz CT molecular complexity index is 3130. The molecule has 0 spiro atoms. The van der Waals surface area contributed by atoms with E-state index < -0.39 is 94.2 Å². The standard InChI is InChI=1S/C44H45N3O14S4/c1-28-7-12-33(13-8-28)63(51,52)21-19-59-41(48)26-61-40-18-16-35(24-36(40)43(49)60-20-22-64(53,54)34-14-9-29(2)10-15-34)65(55,56)47-39-17-11-32(57-5)23-37(39)46-44(47)62(50)27-38-31(4)42(58-6)30(3)25-45-38/h7-18,23-25H,19-22,26-27H2,1-6H3. The van der Waals surface area contributed by atoms with Crippen molar-refractivity contribution < 1.29 is 62.7 Å². The smallest absolute Gasteiger partial charge is 0.344 e. The second kappa shape index (κ2) is 19.9. The summed E-state index contributed by atoms with van der Waals surface area (Å²) in [6, 6.07) is 19.6. The van der Waals surface area contributed by atoms with E-state index in [1.165, 1.54) is 56.7 Å². The van der Waals surface area contributed by atoms with Crippen molar-refractivity contribution in [3.8, 4) is 17.2 Å². The topological polar surface area (TPSA) is 230 Å². The molecule has 0 amide bonds. The number of carbonyl (C=O) groups is 2. The van der Waals surface area contributed by atoms with Gasteiger partial charge in [0.15, 0.2) is 26.3 Å². The first-order valence-electron chi connectivity index (χ1n) is 19.6. The van der Waals surface area contributed by atoms with Gasteiger partial charge in [0.25, 0.3) is 10.0 Å². The van der Waals surface area contributed by atoms with Gasteiger partial charge >= 0.3 is 11.9 Å². The highest BCUT2D eigenvalue weighted by Crippen LogP contribution is 2.32. The van der Waals surface area contributed by atoms with E-state index in [2.05, 4.69) is 9.97 Å². The molecule has 0 aliphatic rings. The van der Waals surface area contributed by atoms with Crippen molar-refractivity contribution in [2.24, 2.45) is 0 Å². The van der Waals surface area contributed by atoms with Crippen LogP contribution in [-0.2, 0) is 60.5 Å². The number of esters is 2. The third-order valence-corrected chi connectivity index (χ3v) is 16.4. The van der Waals surface area contributed by atoms with Gasteiger partial charge in [-0.1, -0.05) is 35.4 Å². The normalized spacial score (nSPS) is 12.4. The lowest BCUT2D eigenvalue weighted by molar-refractivity contribution is -0.145. The number of hydrogen-bond acceptors (Lipinski definition) is 16. The molecule has 0 radical (unpaired) electrons. The predicted octanol–water partition coefficient (Wildman–Crippen LogP) is 5.25. The molecule has 1 atom stereocenters.